The molecule has 0 aliphatic carbocycles. The van der Waals surface area contributed by atoms with Gasteiger partial charge >= 0.3 is 6.03 Å². The molecule has 1 N–H and O–H groups in total. The molecular weight excluding hydrogens is 448 g/mol. The summed E-state index contributed by atoms with van der Waals surface area (Å²) in [5.74, 6) is 0.673. The molecular formula is C26H38N4O5. The highest BCUT2D eigenvalue weighted by atomic mass is 16.5. The monoisotopic (exact) mass is 486 g/mol. The molecule has 3 atom stereocenters. The highest BCUT2D eigenvalue weighted by Gasteiger charge is 2.40. The number of ether oxygens (including phenoxy) is 2. The van der Waals surface area contributed by atoms with Gasteiger partial charge in [0.25, 0.3) is 5.91 Å². The summed E-state index contributed by atoms with van der Waals surface area (Å²) in [5, 5.41) is 2.71. The van der Waals surface area contributed by atoms with Crippen molar-refractivity contribution in [2.75, 3.05) is 47.0 Å². The molecule has 3 aliphatic rings. The lowest BCUT2D eigenvalue weighted by Gasteiger charge is -2.45. The average Bonchev–Trinajstić information content (AvgIpc) is 3.14. The standard InChI is InChI=1S/C26H38N4O5/c1-34-15-14-29(18-20-6-5-13-28-12-4-3-7-23(20)28)24(31)16-22-25(32)30(26(33)27-22)17-19-8-10-21(35-2)11-9-19/h8-11,20,22-23H,3-7,12-18H2,1-2H3,(H,27,33). The summed E-state index contributed by atoms with van der Waals surface area (Å²) in [6.07, 6.45) is 5.93. The van der Waals surface area contributed by atoms with Crippen LogP contribution in [0.4, 0.5) is 4.79 Å². The van der Waals surface area contributed by atoms with Crippen molar-refractivity contribution >= 4 is 17.8 Å². The number of imide groups is 1. The molecule has 0 spiro atoms. The fraction of sp³-hybridized carbons (Fsp3) is 0.654. The smallest absolute Gasteiger partial charge is 0.325 e. The molecule has 3 aliphatic heterocycles. The van der Waals surface area contributed by atoms with Gasteiger partial charge in [-0.05, 0) is 62.4 Å². The van der Waals surface area contributed by atoms with E-state index in [1.54, 1.807) is 26.4 Å². The number of carbonyl (C=O) groups is 3. The molecule has 0 radical (unpaired) electrons. The largest absolute Gasteiger partial charge is 0.497 e. The van der Waals surface area contributed by atoms with Crippen molar-refractivity contribution in [3.63, 3.8) is 0 Å². The quantitative estimate of drug-likeness (QED) is 0.510. The number of fused-ring (bicyclic) bond motifs is 1. The van der Waals surface area contributed by atoms with E-state index in [2.05, 4.69) is 10.2 Å². The zero-order valence-corrected chi connectivity index (χ0v) is 20.9. The number of urea groups is 1. The maximum absolute atomic E-state index is 13.3. The maximum Gasteiger partial charge on any atom is 0.325 e. The van der Waals surface area contributed by atoms with E-state index in [0.717, 1.165) is 31.5 Å². The zero-order chi connectivity index (χ0) is 24.8. The number of piperidine rings is 2. The van der Waals surface area contributed by atoms with Gasteiger partial charge < -0.3 is 24.6 Å². The molecule has 3 fully saturated rings. The summed E-state index contributed by atoms with van der Waals surface area (Å²) in [6.45, 7) is 4.07. The Kier molecular flexibility index (Phi) is 8.62. The number of nitrogens with zero attached hydrogens (tertiary/aromatic N) is 3. The summed E-state index contributed by atoms with van der Waals surface area (Å²) in [5.41, 5.74) is 0.817. The topological polar surface area (TPSA) is 91.4 Å². The van der Waals surface area contributed by atoms with E-state index >= 15 is 0 Å². The van der Waals surface area contributed by atoms with Gasteiger partial charge in [0, 0.05) is 26.2 Å². The Hall–Kier alpha value is -2.65. The Bertz CT molecular complexity index is 890. The second kappa shape index (κ2) is 11.9. The fourth-order valence-electron chi connectivity index (χ4n) is 5.67. The third kappa shape index (κ3) is 6.13. The van der Waals surface area contributed by atoms with Crippen molar-refractivity contribution in [1.29, 1.82) is 0 Å². The summed E-state index contributed by atoms with van der Waals surface area (Å²) in [6, 6.07) is 6.46. The third-order valence-electron chi connectivity index (χ3n) is 7.59. The van der Waals surface area contributed by atoms with Gasteiger partial charge in [0.1, 0.15) is 11.8 Å². The number of nitrogens with one attached hydrogen (secondary N) is 1. The van der Waals surface area contributed by atoms with E-state index in [-0.39, 0.29) is 24.8 Å². The van der Waals surface area contributed by atoms with Gasteiger partial charge in [-0.1, -0.05) is 18.6 Å². The molecule has 1 aromatic carbocycles. The Morgan fingerprint density at radius 3 is 2.60 bits per heavy atom. The number of methoxy groups -OCH3 is 2. The van der Waals surface area contributed by atoms with Crippen molar-refractivity contribution in [2.24, 2.45) is 5.92 Å². The number of hydrogen-bond donors (Lipinski definition) is 1. The van der Waals surface area contributed by atoms with Crippen LogP contribution in [0.15, 0.2) is 24.3 Å². The highest BCUT2D eigenvalue weighted by molar-refractivity contribution is 6.05. The van der Waals surface area contributed by atoms with E-state index in [0.29, 0.717) is 37.4 Å². The van der Waals surface area contributed by atoms with Crippen LogP contribution < -0.4 is 10.1 Å². The predicted octanol–water partition coefficient (Wildman–Crippen LogP) is 2.25. The fourth-order valence-corrected chi connectivity index (χ4v) is 5.67. The van der Waals surface area contributed by atoms with Gasteiger partial charge in [0.15, 0.2) is 0 Å². The van der Waals surface area contributed by atoms with Crippen LogP contribution in [0.2, 0.25) is 0 Å². The first kappa shape index (κ1) is 25.4. The second-order valence-electron chi connectivity index (χ2n) is 9.81. The van der Waals surface area contributed by atoms with Crippen LogP contribution >= 0.6 is 0 Å². The van der Waals surface area contributed by atoms with Crippen molar-refractivity contribution in [2.45, 2.75) is 57.2 Å². The zero-order valence-electron chi connectivity index (χ0n) is 20.9. The molecule has 4 amide bonds. The molecule has 0 aromatic heterocycles. The van der Waals surface area contributed by atoms with E-state index in [1.807, 2.05) is 17.0 Å². The van der Waals surface area contributed by atoms with Crippen LogP contribution in [-0.4, -0.2) is 91.6 Å². The van der Waals surface area contributed by atoms with Crippen LogP contribution in [0.5, 0.6) is 5.75 Å². The number of carbonyl (C=O) groups excluding carboxylic acids is 3. The highest BCUT2D eigenvalue weighted by Crippen LogP contribution is 2.31. The van der Waals surface area contributed by atoms with Crippen molar-refractivity contribution in [3.8, 4) is 5.75 Å². The summed E-state index contributed by atoms with van der Waals surface area (Å²) in [7, 11) is 3.22. The van der Waals surface area contributed by atoms with E-state index in [1.165, 1.54) is 24.2 Å². The Balaban J connectivity index is 1.37. The molecule has 35 heavy (non-hydrogen) atoms. The number of amides is 4. The normalized spacial score (nSPS) is 24.7. The van der Waals surface area contributed by atoms with E-state index in [9.17, 15) is 14.4 Å². The molecule has 3 saturated heterocycles. The number of benzene rings is 1. The molecule has 9 heteroatoms. The van der Waals surface area contributed by atoms with Gasteiger partial charge in [-0.15, -0.1) is 0 Å². The van der Waals surface area contributed by atoms with Crippen LogP contribution in [0.3, 0.4) is 0 Å². The van der Waals surface area contributed by atoms with Gasteiger partial charge in [-0.2, -0.15) is 0 Å². The Morgan fingerprint density at radius 2 is 1.86 bits per heavy atom. The molecule has 4 rings (SSSR count). The summed E-state index contributed by atoms with van der Waals surface area (Å²) in [4.78, 5) is 44.5. The lowest BCUT2D eigenvalue weighted by molar-refractivity contribution is -0.137. The molecule has 3 heterocycles. The minimum absolute atomic E-state index is 0.0332. The SMILES string of the molecule is COCCN(CC1CCCN2CCCCC12)C(=O)CC1NC(=O)N(Cc2ccc(OC)cc2)C1=O. The number of hydrogen-bond acceptors (Lipinski definition) is 6. The van der Waals surface area contributed by atoms with Crippen LogP contribution in [-0.2, 0) is 20.9 Å². The average molecular weight is 487 g/mol. The molecule has 1 aromatic rings. The van der Waals surface area contributed by atoms with Gasteiger partial charge in [-0.3, -0.25) is 14.5 Å². The Morgan fingerprint density at radius 1 is 1.09 bits per heavy atom. The summed E-state index contributed by atoms with van der Waals surface area (Å²) < 4.78 is 10.4. The lowest BCUT2D eigenvalue weighted by atomic mass is 9.83. The first-order chi connectivity index (χ1) is 17.0. The van der Waals surface area contributed by atoms with Crippen LogP contribution in [0.25, 0.3) is 0 Å². The molecule has 0 saturated carbocycles. The minimum Gasteiger partial charge on any atom is -0.497 e. The van der Waals surface area contributed by atoms with Gasteiger partial charge in [0.05, 0.1) is 26.7 Å². The van der Waals surface area contributed by atoms with Crippen molar-refractivity contribution < 1.29 is 23.9 Å². The van der Waals surface area contributed by atoms with E-state index in [4.69, 9.17) is 9.47 Å². The first-order valence-corrected chi connectivity index (χ1v) is 12.8. The Labute approximate surface area is 207 Å². The van der Waals surface area contributed by atoms with Gasteiger partial charge in [0.2, 0.25) is 5.91 Å². The van der Waals surface area contributed by atoms with Crippen LogP contribution in [0, 0.1) is 5.92 Å². The van der Waals surface area contributed by atoms with Gasteiger partial charge in [-0.25, -0.2) is 4.79 Å². The van der Waals surface area contributed by atoms with E-state index < -0.39 is 12.1 Å². The lowest BCUT2D eigenvalue weighted by Crippen LogP contribution is -2.52. The second-order valence-corrected chi connectivity index (χ2v) is 9.81. The summed E-state index contributed by atoms with van der Waals surface area (Å²) >= 11 is 0. The molecule has 9 nitrogen and oxygen atoms in total. The van der Waals surface area contributed by atoms with Crippen LogP contribution in [0.1, 0.15) is 44.1 Å². The minimum atomic E-state index is -0.837. The first-order valence-electron chi connectivity index (χ1n) is 12.8. The molecule has 3 unspecified atom stereocenters. The molecule has 192 valence electrons. The maximum atomic E-state index is 13.3. The van der Waals surface area contributed by atoms with Crippen molar-refractivity contribution in [1.82, 2.24) is 20.0 Å². The number of rotatable bonds is 10. The van der Waals surface area contributed by atoms with Crippen molar-refractivity contribution in [3.05, 3.63) is 29.8 Å². The third-order valence-corrected chi connectivity index (χ3v) is 7.59. The predicted molar refractivity (Wildman–Crippen MR) is 131 cm³/mol. The molecule has 0 bridgehead atoms.